The van der Waals surface area contributed by atoms with Crippen molar-refractivity contribution in [3.05, 3.63) is 0 Å². The summed E-state index contributed by atoms with van der Waals surface area (Å²) < 4.78 is 39.9. The summed E-state index contributed by atoms with van der Waals surface area (Å²) in [5.74, 6) is 0. The number of ether oxygens (including phenoxy) is 1. The summed E-state index contributed by atoms with van der Waals surface area (Å²) in [6.45, 7) is 3.53. The fourth-order valence-corrected chi connectivity index (χ4v) is 2.23. The molecule has 0 fully saturated rings. The zero-order chi connectivity index (χ0) is 15.1. The van der Waals surface area contributed by atoms with Gasteiger partial charge >= 0.3 is 29.6 Å². The van der Waals surface area contributed by atoms with Gasteiger partial charge in [0.1, 0.15) is 0 Å². The summed E-state index contributed by atoms with van der Waals surface area (Å²) in [5.41, 5.74) is 0. The van der Waals surface area contributed by atoms with Gasteiger partial charge in [0, 0.05) is 13.2 Å². The SMILES string of the molecule is CCCCCCCCCCOCCCCOS(=O)(=O)[O-].[Na+]. The van der Waals surface area contributed by atoms with E-state index in [0.29, 0.717) is 19.4 Å². The van der Waals surface area contributed by atoms with Crippen LogP contribution in [0, 0.1) is 0 Å². The molecule has 0 aromatic carbocycles. The van der Waals surface area contributed by atoms with Crippen LogP contribution in [-0.2, 0) is 19.3 Å². The molecule has 0 aliphatic carbocycles. The summed E-state index contributed by atoms with van der Waals surface area (Å²) in [6.07, 6.45) is 11.5. The Labute approximate surface area is 152 Å². The molecular weight excluding hydrogens is 303 g/mol. The summed E-state index contributed by atoms with van der Waals surface area (Å²) >= 11 is 0. The van der Waals surface area contributed by atoms with E-state index in [1.165, 1.54) is 44.9 Å². The third-order valence-electron chi connectivity index (χ3n) is 3.05. The maximum Gasteiger partial charge on any atom is 1.00 e. The van der Waals surface area contributed by atoms with Crippen LogP contribution >= 0.6 is 0 Å². The molecular formula is C14H29NaO5S. The van der Waals surface area contributed by atoms with Crippen molar-refractivity contribution in [1.82, 2.24) is 0 Å². The van der Waals surface area contributed by atoms with Crippen LogP contribution in [-0.4, -0.2) is 32.8 Å². The van der Waals surface area contributed by atoms with Crippen molar-refractivity contribution >= 4 is 10.4 Å². The molecule has 0 spiro atoms. The van der Waals surface area contributed by atoms with Crippen LogP contribution in [0.4, 0.5) is 0 Å². The van der Waals surface area contributed by atoms with E-state index in [-0.39, 0.29) is 36.2 Å². The van der Waals surface area contributed by atoms with Crippen LogP contribution in [0.3, 0.4) is 0 Å². The van der Waals surface area contributed by atoms with Crippen LogP contribution in [0.2, 0.25) is 0 Å². The van der Waals surface area contributed by atoms with Crippen LogP contribution < -0.4 is 29.6 Å². The van der Waals surface area contributed by atoms with Gasteiger partial charge in [-0.3, -0.25) is 4.18 Å². The Morgan fingerprint density at radius 2 is 1.19 bits per heavy atom. The standard InChI is InChI=1S/C14H30O5S.Na/c1-2-3-4-5-6-7-8-9-12-18-13-10-11-14-19-20(15,16)17;/h2-14H2,1H3,(H,15,16,17);/q;+1/p-1. The first-order valence-electron chi connectivity index (χ1n) is 7.74. The van der Waals surface area contributed by atoms with Gasteiger partial charge in [0.25, 0.3) is 0 Å². The van der Waals surface area contributed by atoms with E-state index in [1.54, 1.807) is 0 Å². The molecule has 0 radical (unpaired) electrons. The zero-order valence-corrected chi connectivity index (χ0v) is 16.5. The topological polar surface area (TPSA) is 75.7 Å². The fraction of sp³-hybridized carbons (Fsp3) is 1.00. The largest absolute Gasteiger partial charge is 1.00 e. The molecule has 0 rings (SSSR count). The average molecular weight is 332 g/mol. The number of hydrogen-bond acceptors (Lipinski definition) is 5. The Balaban J connectivity index is 0. The third kappa shape index (κ3) is 23.2. The van der Waals surface area contributed by atoms with Crippen molar-refractivity contribution in [3.8, 4) is 0 Å². The molecule has 0 heterocycles. The Hall–Kier alpha value is 0.830. The van der Waals surface area contributed by atoms with Gasteiger partial charge in [-0.25, -0.2) is 8.42 Å². The van der Waals surface area contributed by atoms with Gasteiger partial charge in [-0.1, -0.05) is 51.9 Å². The van der Waals surface area contributed by atoms with E-state index in [9.17, 15) is 13.0 Å². The van der Waals surface area contributed by atoms with Crippen LogP contribution in [0.15, 0.2) is 0 Å². The molecule has 0 amide bonds. The summed E-state index contributed by atoms with van der Waals surface area (Å²) in [4.78, 5) is 0. The second kappa shape index (κ2) is 17.2. The van der Waals surface area contributed by atoms with E-state index in [4.69, 9.17) is 4.74 Å². The van der Waals surface area contributed by atoms with E-state index in [2.05, 4.69) is 11.1 Å². The van der Waals surface area contributed by atoms with Gasteiger partial charge < -0.3 is 9.29 Å². The summed E-state index contributed by atoms with van der Waals surface area (Å²) in [5, 5.41) is 0. The molecule has 0 saturated heterocycles. The maximum atomic E-state index is 10.1. The molecule has 0 bridgehead atoms. The molecule has 0 aliphatic heterocycles. The van der Waals surface area contributed by atoms with Crippen molar-refractivity contribution in [1.29, 1.82) is 0 Å². The van der Waals surface area contributed by atoms with Gasteiger partial charge in [-0.05, 0) is 19.3 Å². The fourth-order valence-electron chi connectivity index (χ4n) is 1.91. The Kier molecular flexibility index (Phi) is 19.7. The third-order valence-corrected chi connectivity index (χ3v) is 3.51. The van der Waals surface area contributed by atoms with Crippen molar-refractivity contribution < 1.29 is 51.4 Å². The second-order valence-corrected chi connectivity index (χ2v) is 6.08. The molecule has 0 unspecified atom stereocenters. The first kappa shape index (κ1) is 24.1. The average Bonchev–Trinajstić information content (AvgIpc) is 2.38. The minimum Gasteiger partial charge on any atom is -0.726 e. The van der Waals surface area contributed by atoms with E-state index >= 15 is 0 Å². The molecule has 0 aromatic rings. The summed E-state index contributed by atoms with van der Waals surface area (Å²) in [7, 11) is -4.53. The maximum absolute atomic E-state index is 10.1. The quantitative estimate of drug-likeness (QED) is 0.188. The van der Waals surface area contributed by atoms with Gasteiger partial charge in [0.05, 0.1) is 6.61 Å². The molecule has 0 aliphatic rings. The Morgan fingerprint density at radius 1 is 0.762 bits per heavy atom. The number of hydrogen-bond donors (Lipinski definition) is 0. The first-order chi connectivity index (χ1) is 9.56. The minimum atomic E-state index is -4.53. The van der Waals surface area contributed by atoms with Crippen molar-refractivity contribution in [2.75, 3.05) is 19.8 Å². The predicted octanol–water partition coefficient (Wildman–Crippen LogP) is 0.405. The van der Waals surface area contributed by atoms with Crippen LogP contribution in [0.25, 0.3) is 0 Å². The molecule has 7 heteroatoms. The van der Waals surface area contributed by atoms with Crippen LogP contribution in [0.1, 0.15) is 71.1 Å². The van der Waals surface area contributed by atoms with Gasteiger partial charge in [0.2, 0.25) is 10.4 Å². The normalized spacial score (nSPS) is 11.3. The smallest absolute Gasteiger partial charge is 0.726 e. The molecule has 21 heavy (non-hydrogen) atoms. The van der Waals surface area contributed by atoms with Crippen molar-refractivity contribution in [2.45, 2.75) is 71.1 Å². The second-order valence-electron chi connectivity index (χ2n) is 5.02. The van der Waals surface area contributed by atoms with Gasteiger partial charge in [-0.2, -0.15) is 0 Å². The van der Waals surface area contributed by atoms with E-state index in [0.717, 1.165) is 13.0 Å². The zero-order valence-electron chi connectivity index (χ0n) is 13.6. The van der Waals surface area contributed by atoms with Crippen molar-refractivity contribution in [2.24, 2.45) is 0 Å². The molecule has 122 valence electrons. The van der Waals surface area contributed by atoms with E-state index in [1.807, 2.05) is 0 Å². The van der Waals surface area contributed by atoms with Crippen LogP contribution in [0.5, 0.6) is 0 Å². The van der Waals surface area contributed by atoms with Gasteiger partial charge in [-0.15, -0.1) is 0 Å². The van der Waals surface area contributed by atoms with E-state index < -0.39 is 10.4 Å². The number of unbranched alkanes of at least 4 members (excludes halogenated alkanes) is 8. The minimum absolute atomic E-state index is 0. The molecule has 5 nitrogen and oxygen atoms in total. The number of rotatable bonds is 15. The van der Waals surface area contributed by atoms with Crippen molar-refractivity contribution in [3.63, 3.8) is 0 Å². The molecule has 0 aromatic heterocycles. The Morgan fingerprint density at radius 3 is 1.71 bits per heavy atom. The Bertz CT molecular complexity index is 296. The summed E-state index contributed by atoms with van der Waals surface area (Å²) in [6, 6.07) is 0. The molecule has 0 atom stereocenters. The monoisotopic (exact) mass is 332 g/mol. The first-order valence-corrected chi connectivity index (χ1v) is 9.07. The molecule has 0 N–H and O–H groups in total. The molecule has 0 saturated carbocycles. The predicted molar refractivity (Wildman–Crippen MR) is 78.3 cm³/mol. The van der Waals surface area contributed by atoms with Gasteiger partial charge in [0.15, 0.2) is 0 Å².